The van der Waals surface area contributed by atoms with Gasteiger partial charge in [0.1, 0.15) is 48.8 Å². The first-order valence-electron chi connectivity index (χ1n) is 31.1. The Morgan fingerprint density at radius 2 is 0.875 bits per heavy atom. The van der Waals surface area contributed by atoms with Crippen molar-refractivity contribution >= 4 is 5.91 Å². The van der Waals surface area contributed by atoms with Gasteiger partial charge in [-0.1, -0.05) is 226 Å². The normalized spacial score (nSPS) is 25.0. The molecule has 2 aliphatic heterocycles. The fourth-order valence-corrected chi connectivity index (χ4v) is 9.46. The van der Waals surface area contributed by atoms with Gasteiger partial charge < -0.3 is 65.1 Å². The Bertz CT molecular complexity index is 1760. The quantitative estimate of drug-likeness (QED) is 0.0204. The van der Waals surface area contributed by atoms with Gasteiger partial charge in [0.05, 0.1) is 32.0 Å². The second kappa shape index (κ2) is 50.2. The highest BCUT2D eigenvalue weighted by atomic mass is 16.7. The molecule has 0 aromatic rings. The largest absolute Gasteiger partial charge is 0.394 e. The second-order valence-corrected chi connectivity index (χ2v) is 21.4. The summed E-state index contributed by atoms with van der Waals surface area (Å²) < 4.78 is 22.7. The number of carbonyl (C=O) groups is 1. The van der Waals surface area contributed by atoms with Crippen molar-refractivity contribution in [3.8, 4) is 0 Å². The van der Waals surface area contributed by atoms with Crippen LogP contribution in [0, 0.1) is 0 Å². The summed E-state index contributed by atoms with van der Waals surface area (Å²) in [6.45, 7) is 2.60. The SMILES string of the molecule is CC/C=C\C/C=C\C/C=C\C/C=C\C/C=C\C/C=C\CCC(=O)NC(COC1OC(CO)C(OC2OC(CO)C(O)C(O)C2O)C(O)C1O)C(O)/C=C/CC/C=C/CC/C=C/CCCCCCCCCCCCCCCCCCC. The van der Waals surface area contributed by atoms with Gasteiger partial charge in [-0.3, -0.25) is 4.79 Å². The first-order valence-corrected chi connectivity index (χ1v) is 31.1. The molecule has 12 atom stereocenters. The van der Waals surface area contributed by atoms with Crippen molar-refractivity contribution in [2.45, 2.75) is 280 Å². The van der Waals surface area contributed by atoms with Gasteiger partial charge in [0, 0.05) is 6.42 Å². The maximum atomic E-state index is 13.2. The van der Waals surface area contributed by atoms with Gasteiger partial charge >= 0.3 is 0 Å². The van der Waals surface area contributed by atoms with Crippen LogP contribution in [-0.2, 0) is 23.7 Å². The minimum absolute atomic E-state index is 0.138. The lowest BCUT2D eigenvalue weighted by molar-refractivity contribution is -0.359. The number of allylic oxidation sites excluding steroid dienone is 17. The van der Waals surface area contributed by atoms with Crippen molar-refractivity contribution in [3.63, 3.8) is 0 Å². The third kappa shape index (κ3) is 34.9. The molecular weight excluding hydrogens is 1010 g/mol. The zero-order valence-corrected chi connectivity index (χ0v) is 49.3. The van der Waals surface area contributed by atoms with E-state index in [1.54, 1.807) is 6.08 Å². The Labute approximate surface area is 483 Å². The number of carbonyl (C=O) groups excluding carboxylic acids is 1. The molecule has 14 heteroatoms. The predicted octanol–water partition coefficient (Wildman–Crippen LogP) is 11.2. The van der Waals surface area contributed by atoms with Crippen LogP contribution in [0.3, 0.4) is 0 Å². The smallest absolute Gasteiger partial charge is 0.220 e. The molecule has 0 radical (unpaired) electrons. The molecule has 2 saturated heterocycles. The molecule has 0 aliphatic carbocycles. The number of hydrogen-bond acceptors (Lipinski definition) is 13. The molecule has 14 nitrogen and oxygen atoms in total. The minimum atomic E-state index is -1.81. The molecule has 0 aromatic heterocycles. The minimum Gasteiger partial charge on any atom is -0.394 e. The van der Waals surface area contributed by atoms with Crippen LogP contribution in [0.2, 0.25) is 0 Å². The van der Waals surface area contributed by atoms with Crippen molar-refractivity contribution in [1.29, 1.82) is 0 Å². The first-order chi connectivity index (χ1) is 39.1. The maximum Gasteiger partial charge on any atom is 0.220 e. The van der Waals surface area contributed by atoms with E-state index in [-0.39, 0.29) is 18.9 Å². The average Bonchev–Trinajstić information content (AvgIpc) is 3.48. The van der Waals surface area contributed by atoms with E-state index in [1.807, 2.05) is 18.2 Å². The number of unbranched alkanes of at least 4 members (excludes halogenated alkanes) is 19. The highest BCUT2D eigenvalue weighted by Crippen LogP contribution is 2.30. The zero-order valence-electron chi connectivity index (χ0n) is 49.3. The summed E-state index contributed by atoms with van der Waals surface area (Å²) in [5.41, 5.74) is 0. The van der Waals surface area contributed by atoms with Crippen molar-refractivity contribution < 1.29 is 64.6 Å². The summed E-state index contributed by atoms with van der Waals surface area (Å²) in [6, 6.07) is -0.987. The summed E-state index contributed by atoms with van der Waals surface area (Å²) in [6.07, 6.45) is 54.4. The summed E-state index contributed by atoms with van der Waals surface area (Å²) >= 11 is 0. The summed E-state index contributed by atoms with van der Waals surface area (Å²) in [7, 11) is 0. The van der Waals surface area contributed by atoms with E-state index in [9.17, 15) is 45.6 Å². The number of hydrogen-bond donors (Lipinski definition) is 9. The Hall–Kier alpha value is -3.35. The molecule has 12 unspecified atom stereocenters. The van der Waals surface area contributed by atoms with Crippen LogP contribution < -0.4 is 5.32 Å². The van der Waals surface area contributed by atoms with Crippen LogP contribution in [0.1, 0.15) is 206 Å². The zero-order chi connectivity index (χ0) is 58.1. The summed E-state index contributed by atoms with van der Waals surface area (Å²) in [5, 5.41) is 87.1. The molecule has 458 valence electrons. The molecule has 0 spiro atoms. The molecule has 2 fully saturated rings. The van der Waals surface area contributed by atoms with E-state index in [4.69, 9.17) is 18.9 Å². The highest BCUT2D eigenvalue weighted by molar-refractivity contribution is 5.76. The topological polar surface area (TPSA) is 228 Å². The molecule has 1 amide bonds. The van der Waals surface area contributed by atoms with Crippen LogP contribution in [0.4, 0.5) is 0 Å². The lowest BCUT2D eigenvalue weighted by Crippen LogP contribution is -2.65. The molecule has 80 heavy (non-hydrogen) atoms. The van der Waals surface area contributed by atoms with Crippen LogP contribution in [0.5, 0.6) is 0 Å². The first kappa shape index (κ1) is 72.8. The monoisotopic (exact) mass is 1130 g/mol. The predicted molar refractivity (Wildman–Crippen MR) is 322 cm³/mol. The summed E-state index contributed by atoms with van der Waals surface area (Å²) in [4.78, 5) is 13.2. The van der Waals surface area contributed by atoms with Crippen molar-refractivity contribution in [2.24, 2.45) is 0 Å². The van der Waals surface area contributed by atoms with Crippen LogP contribution in [0.25, 0.3) is 0 Å². The standard InChI is InChI=1S/C66H111NO13/c1-3-5-7-9-11-13-15-17-19-21-23-24-25-26-27-28-29-30-32-33-35-37-39-41-43-45-47-49-55(70)54(67-58(71)50-48-46-44-42-40-38-36-34-31-22-20-18-16-14-12-10-8-6-4-2)53-77-65-63(76)61(74)64(57(52-69)79-65)80-66-62(75)60(73)59(72)56(51-68)78-66/h6,8,12,14,18,20,31-34,38-41,44,46-47,49,54-57,59-66,68-70,72-76H,3-5,7,9-11,13,15-17,19,21-30,35-37,42-43,45,48,50-53H2,1-2H3,(H,67,71)/b8-6-,14-12-,20-18-,33-32+,34-31-,40-38-,41-39+,46-44-,49-47+. The van der Waals surface area contributed by atoms with Crippen molar-refractivity contribution in [3.05, 3.63) is 109 Å². The Morgan fingerprint density at radius 3 is 1.36 bits per heavy atom. The molecule has 0 aromatic carbocycles. The van der Waals surface area contributed by atoms with E-state index in [1.165, 1.54) is 109 Å². The van der Waals surface area contributed by atoms with Crippen LogP contribution >= 0.6 is 0 Å². The Balaban J connectivity index is 1.80. The fraction of sp³-hybridized carbons (Fsp3) is 0.712. The van der Waals surface area contributed by atoms with Crippen molar-refractivity contribution in [1.82, 2.24) is 5.32 Å². The van der Waals surface area contributed by atoms with Crippen LogP contribution in [-0.4, -0.2) is 140 Å². The van der Waals surface area contributed by atoms with E-state index >= 15 is 0 Å². The molecule has 0 bridgehead atoms. The molecule has 9 N–H and O–H groups in total. The third-order valence-corrected chi connectivity index (χ3v) is 14.4. The van der Waals surface area contributed by atoms with Gasteiger partial charge in [-0.2, -0.15) is 0 Å². The maximum absolute atomic E-state index is 13.2. The van der Waals surface area contributed by atoms with E-state index in [0.29, 0.717) is 12.8 Å². The lowest BCUT2D eigenvalue weighted by Gasteiger charge is -2.46. The summed E-state index contributed by atoms with van der Waals surface area (Å²) in [5.74, 6) is -0.339. The van der Waals surface area contributed by atoms with E-state index in [2.05, 4.69) is 104 Å². The Kier molecular flexibility index (Phi) is 45.6. The number of ether oxygens (including phenoxy) is 4. The highest BCUT2D eigenvalue weighted by Gasteiger charge is 2.51. The van der Waals surface area contributed by atoms with Gasteiger partial charge in [-0.05, 0) is 83.5 Å². The third-order valence-electron chi connectivity index (χ3n) is 14.4. The number of rotatable bonds is 48. The number of aliphatic hydroxyl groups excluding tert-OH is 8. The molecule has 2 heterocycles. The molecule has 2 rings (SSSR count). The van der Waals surface area contributed by atoms with Gasteiger partial charge in [-0.25, -0.2) is 0 Å². The fourth-order valence-electron chi connectivity index (χ4n) is 9.46. The number of amides is 1. The molecule has 0 saturated carbocycles. The van der Waals surface area contributed by atoms with Gasteiger partial charge in [0.15, 0.2) is 12.6 Å². The van der Waals surface area contributed by atoms with Gasteiger partial charge in [0.2, 0.25) is 5.91 Å². The number of nitrogens with one attached hydrogen (secondary N) is 1. The van der Waals surface area contributed by atoms with Crippen molar-refractivity contribution in [2.75, 3.05) is 19.8 Å². The lowest BCUT2D eigenvalue weighted by atomic mass is 9.97. The molecular formula is C66H111NO13. The van der Waals surface area contributed by atoms with Crippen LogP contribution in [0.15, 0.2) is 109 Å². The Morgan fingerprint density at radius 1 is 0.463 bits per heavy atom. The number of aliphatic hydroxyl groups is 8. The second-order valence-electron chi connectivity index (χ2n) is 21.4. The van der Waals surface area contributed by atoms with Gasteiger partial charge in [-0.15, -0.1) is 0 Å². The van der Waals surface area contributed by atoms with E-state index in [0.717, 1.165) is 64.2 Å². The molecule has 2 aliphatic rings. The van der Waals surface area contributed by atoms with Gasteiger partial charge in [0.25, 0.3) is 0 Å². The average molecular weight is 1130 g/mol. The van der Waals surface area contributed by atoms with E-state index < -0.39 is 86.8 Å².